The Bertz CT molecular complexity index is 1810. The second kappa shape index (κ2) is 9.14. The SMILES string of the molecule is CC(C)(C)CC(=O)Nc1cncc(-c2cc3c(-c4cc5c(-c6ccc(F)s6)nccc5[nH]4)n[nH]c3cn2)c1. The minimum atomic E-state index is -0.250. The summed E-state index contributed by atoms with van der Waals surface area (Å²) in [4.78, 5) is 30.0. The van der Waals surface area contributed by atoms with Gasteiger partial charge in [0.25, 0.3) is 0 Å². The summed E-state index contributed by atoms with van der Waals surface area (Å²) in [5.41, 5.74) is 5.89. The van der Waals surface area contributed by atoms with Crippen LogP contribution in [0.3, 0.4) is 0 Å². The van der Waals surface area contributed by atoms with Gasteiger partial charge in [0.15, 0.2) is 5.13 Å². The number of pyridine rings is 3. The van der Waals surface area contributed by atoms with Crippen LogP contribution in [-0.4, -0.2) is 36.0 Å². The van der Waals surface area contributed by atoms with Crippen molar-refractivity contribution in [2.24, 2.45) is 5.41 Å². The van der Waals surface area contributed by atoms with Gasteiger partial charge >= 0.3 is 0 Å². The summed E-state index contributed by atoms with van der Waals surface area (Å²) in [6.45, 7) is 6.07. The van der Waals surface area contributed by atoms with Gasteiger partial charge in [-0.3, -0.25) is 24.8 Å². The van der Waals surface area contributed by atoms with Crippen molar-refractivity contribution in [3.05, 3.63) is 66.3 Å². The highest BCUT2D eigenvalue weighted by atomic mass is 32.1. The lowest BCUT2D eigenvalue weighted by atomic mass is 9.92. The number of anilines is 1. The molecule has 6 heterocycles. The molecule has 190 valence electrons. The van der Waals surface area contributed by atoms with Gasteiger partial charge in [0.05, 0.1) is 45.6 Å². The number of hydrogen-bond acceptors (Lipinski definition) is 6. The lowest BCUT2D eigenvalue weighted by Crippen LogP contribution is -2.19. The molecule has 6 aromatic rings. The number of fused-ring (bicyclic) bond motifs is 2. The maximum Gasteiger partial charge on any atom is 0.224 e. The van der Waals surface area contributed by atoms with E-state index in [9.17, 15) is 9.18 Å². The third-order valence-corrected chi connectivity index (χ3v) is 6.95. The molecule has 0 atom stereocenters. The lowest BCUT2D eigenvalue weighted by Gasteiger charge is -2.17. The van der Waals surface area contributed by atoms with Crippen LogP contribution in [-0.2, 0) is 4.79 Å². The molecule has 0 spiro atoms. The number of amides is 1. The van der Waals surface area contributed by atoms with Crippen molar-refractivity contribution >= 4 is 44.7 Å². The summed E-state index contributed by atoms with van der Waals surface area (Å²) >= 11 is 1.07. The van der Waals surface area contributed by atoms with Crippen molar-refractivity contribution in [3.8, 4) is 33.2 Å². The normalized spacial score (nSPS) is 11.9. The number of hydrogen-bond donors (Lipinski definition) is 3. The first kappa shape index (κ1) is 23.9. The minimum Gasteiger partial charge on any atom is -0.353 e. The van der Waals surface area contributed by atoms with Gasteiger partial charge in [0.2, 0.25) is 5.91 Å². The molecule has 8 nitrogen and oxygen atoms in total. The van der Waals surface area contributed by atoms with Crippen molar-refractivity contribution in [2.75, 3.05) is 5.32 Å². The third kappa shape index (κ3) is 4.66. The van der Waals surface area contributed by atoms with Gasteiger partial charge in [-0.25, -0.2) is 0 Å². The van der Waals surface area contributed by atoms with E-state index in [0.29, 0.717) is 17.8 Å². The summed E-state index contributed by atoms with van der Waals surface area (Å²) in [5, 5.41) is 12.0. The first-order valence-corrected chi connectivity index (χ1v) is 12.9. The molecular formula is C28H24FN7OS. The van der Waals surface area contributed by atoms with E-state index in [1.807, 2.05) is 45.0 Å². The molecule has 0 aliphatic carbocycles. The van der Waals surface area contributed by atoms with Crippen molar-refractivity contribution in [1.82, 2.24) is 30.1 Å². The zero-order chi connectivity index (χ0) is 26.4. The molecule has 0 saturated carbocycles. The number of thiophene rings is 1. The number of H-pyrrole nitrogens is 2. The molecule has 6 rings (SSSR count). The van der Waals surface area contributed by atoms with Gasteiger partial charge in [-0.05, 0) is 41.8 Å². The second-order valence-electron chi connectivity index (χ2n) is 10.3. The second-order valence-corrected chi connectivity index (χ2v) is 11.4. The van der Waals surface area contributed by atoms with Crippen LogP contribution in [0.4, 0.5) is 10.1 Å². The average Bonchev–Trinajstić information content (AvgIpc) is 3.60. The highest BCUT2D eigenvalue weighted by molar-refractivity contribution is 7.13. The summed E-state index contributed by atoms with van der Waals surface area (Å²) in [6.07, 6.45) is 7.19. The highest BCUT2D eigenvalue weighted by Gasteiger charge is 2.18. The summed E-state index contributed by atoms with van der Waals surface area (Å²) in [7, 11) is 0. The van der Waals surface area contributed by atoms with Crippen LogP contribution in [0.2, 0.25) is 0 Å². The molecule has 0 radical (unpaired) electrons. The molecular weight excluding hydrogens is 501 g/mol. The molecule has 3 N–H and O–H groups in total. The molecule has 0 aliphatic rings. The van der Waals surface area contributed by atoms with E-state index in [2.05, 4.69) is 35.5 Å². The van der Waals surface area contributed by atoms with Crippen LogP contribution in [0.1, 0.15) is 27.2 Å². The van der Waals surface area contributed by atoms with Crippen LogP contribution in [0, 0.1) is 10.5 Å². The van der Waals surface area contributed by atoms with E-state index >= 15 is 0 Å². The number of halogens is 1. The average molecular weight is 526 g/mol. The summed E-state index contributed by atoms with van der Waals surface area (Å²) < 4.78 is 13.7. The predicted molar refractivity (Wildman–Crippen MR) is 148 cm³/mol. The lowest BCUT2D eigenvalue weighted by molar-refractivity contribution is -0.117. The monoisotopic (exact) mass is 525 g/mol. The van der Waals surface area contributed by atoms with Crippen LogP contribution in [0.25, 0.3) is 55.0 Å². The van der Waals surface area contributed by atoms with E-state index in [1.54, 1.807) is 30.9 Å². The Balaban J connectivity index is 1.36. The number of carbonyl (C=O) groups excluding carboxylic acids is 1. The largest absolute Gasteiger partial charge is 0.353 e. The molecule has 0 bridgehead atoms. The smallest absolute Gasteiger partial charge is 0.224 e. The third-order valence-electron chi connectivity index (χ3n) is 6.07. The molecule has 1 amide bonds. The van der Waals surface area contributed by atoms with Gasteiger partial charge in [-0.2, -0.15) is 9.49 Å². The topological polar surface area (TPSA) is 112 Å². The Hall–Kier alpha value is -4.44. The fourth-order valence-corrected chi connectivity index (χ4v) is 5.18. The van der Waals surface area contributed by atoms with Gasteiger partial charge in [-0.15, -0.1) is 11.3 Å². The van der Waals surface area contributed by atoms with Crippen LogP contribution < -0.4 is 5.32 Å². The molecule has 0 aromatic carbocycles. The maximum absolute atomic E-state index is 13.7. The standard InChI is InChI=1S/C28H24FN7OS/c1-28(2,3)11-25(37)33-16-8-15(12-30-13-16)20-9-18-22(14-32-20)35-36-26(18)21-10-17-19(34-21)6-7-31-27(17)23-4-5-24(29)38-23/h4-10,12-14,34H,11H2,1-3H3,(H,33,37)(H,35,36). The minimum absolute atomic E-state index is 0.0602. The first-order valence-electron chi connectivity index (χ1n) is 12.1. The van der Waals surface area contributed by atoms with Crippen LogP contribution in [0.5, 0.6) is 0 Å². The Morgan fingerprint density at radius 1 is 1.00 bits per heavy atom. The number of aromatic nitrogens is 6. The zero-order valence-electron chi connectivity index (χ0n) is 21.0. The zero-order valence-corrected chi connectivity index (χ0v) is 21.8. The number of nitrogens with one attached hydrogen (secondary N) is 3. The van der Waals surface area contributed by atoms with Crippen molar-refractivity contribution in [1.29, 1.82) is 0 Å². The fraction of sp³-hybridized carbons (Fsp3) is 0.179. The molecule has 0 saturated heterocycles. The first-order chi connectivity index (χ1) is 18.2. The molecule has 38 heavy (non-hydrogen) atoms. The van der Waals surface area contributed by atoms with Crippen molar-refractivity contribution in [3.63, 3.8) is 0 Å². The number of carbonyl (C=O) groups is 1. The Morgan fingerprint density at radius 3 is 2.63 bits per heavy atom. The van der Waals surface area contributed by atoms with E-state index in [4.69, 9.17) is 0 Å². The Kier molecular flexibility index (Phi) is 5.76. The van der Waals surface area contributed by atoms with Gasteiger partial charge in [0, 0.05) is 40.7 Å². The fourth-order valence-electron chi connectivity index (χ4n) is 4.43. The molecule has 0 unspecified atom stereocenters. The van der Waals surface area contributed by atoms with E-state index < -0.39 is 0 Å². The van der Waals surface area contributed by atoms with Gasteiger partial charge in [0.1, 0.15) is 5.69 Å². The number of aromatic amines is 2. The van der Waals surface area contributed by atoms with Crippen LogP contribution in [0.15, 0.2) is 61.2 Å². The van der Waals surface area contributed by atoms with Gasteiger partial charge < -0.3 is 10.3 Å². The Morgan fingerprint density at radius 2 is 1.84 bits per heavy atom. The predicted octanol–water partition coefficient (Wildman–Crippen LogP) is 6.81. The number of rotatable bonds is 5. The van der Waals surface area contributed by atoms with Gasteiger partial charge in [-0.1, -0.05) is 20.8 Å². The highest BCUT2D eigenvalue weighted by Crippen LogP contribution is 2.36. The quantitative estimate of drug-likeness (QED) is 0.229. The molecule has 10 heteroatoms. The van der Waals surface area contributed by atoms with Crippen molar-refractivity contribution in [2.45, 2.75) is 27.2 Å². The van der Waals surface area contributed by atoms with Crippen LogP contribution >= 0.6 is 11.3 Å². The molecule has 0 fully saturated rings. The Labute approximate surface area is 221 Å². The summed E-state index contributed by atoms with van der Waals surface area (Å²) in [5.74, 6) is -0.0602. The maximum atomic E-state index is 13.7. The molecule has 0 aliphatic heterocycles. The van der Waals surface area contributed by atoms with Crippen molar-refractivity contribution < 1.29 is 9.18 Å². The molecule has 6 aromatic heterocycles. The van der Waals surface area contributed by atoms with E-state index in [0.717, 1.165) is 60.7 Å². The summed E-state index contributed by atoms with van der Waals surface area (Å²) in [6, 6.07) is 10.9. The van der Waals surface area contributed by atoms with E-state index in [1.165, 1.54) is 6.07 Å². The van der Waals surface area contributed by atoms with E-state index in [-0.39, 0.29) is 16.5 Å². The number of nitrogens with zero attached hydrogens (tertiary/aromatic N) is 4.